The Labute approximate surface area is 120 Å². The molecular weight excluding hydrogens is 318 g/mol. The standard InChI is InChI=1S/C13H15BrClNO2/c1-13(7-17,8-2-3-8)16-12(18)10-5-4-9(14)6-11(10)15/h4-6,8,17H,2-3,7H2,1H3,(H,16,18). The Bertz CT molecular complexity index is 476. The van der Waals surface area contributed by atoms with Crippen LogP contribution >= 0.6 is 27.5 Å². The lowest BCUT2D eigenvalue weighted by atomic mass is 9.96. The highest BCUT2D eigenvalue weighted by atomic mass is 79.9. The summed E-state index contributed by atoms with van der Waals surface area (Å²) in [4.78, 5) is 12.2. The van der Waals surface area contributed by atoms with Crippen LogP contribution in [0.1, 0.15) is 30.1 Å². The zero-order chi connectivity index (χ0) is 13.3. The molecule has 1 saturated carbocycles. The number of rotatable bonds is 4. The van der Waals surface area contributed by atoms with Gasteiger partial charge in [0.05, 0.1) is 22.7 Å². The Morgan fingerprint density at radius 1 is 1.61 bits per heavy atom. The van der Waals surface area contributed by atoms with E-state index in [1.165, 1.54) is 0 Å². The number of hydrogen-bond acceptors (Lipinski definition) is 2. The van der Waals surface area contributed by atoms with Gasteiger partial charge in [-0.3, -0.25) is 4.79 Å². The number of amides is 1. The topological polar surface area (TPSA) is 49.3 Å². The van der Waals surface area contributed by atoms with Gasteiger partial charge in [0.2, 0.25) is 0 Å². The minimum atomic E-state index is -0.548. The van der Waals surface area contributed by atoms with Gasteiger partial charge in [-0.2, -0.15) is 0 Å². The van der Waals surface area contributed by atoms with Gasteiger partial charge >= 0.3 is 0 Å². The van der Waals surface area contributed by atoms with Gasteiger partial charge in [0.25, 0.3) is 5.91 Å². The van der Waals surface area contributed by atoms with Crippen molar-refractivity contribution in [3.05, 3.63) is 33.3 Å². The quantitative estimate of drug-likeness (QED) is 0.890. The van der Waals surface area contributed by atoms with E-state index in [4.69, 9.17) is 11.6 Å². The maximum Gasteiger partial charge on any atom is 0.253 e. The van der Waals surface area contributed by atoms with E-state index in [2.05, 4.69) is 21.2 Å². The fourth-order valence-electron chi connectivity index (χ4n) is 1.99. The summed E-state index contributed by atoms with van der Waals surface area (Å²) in [6.07, 6.45) is 2.09. The highest BCUT2D eigenvalue weighted by molar-refractivity contribution is 9.10. The number of carbonyl (C=O) groups excluding carboxylic acids is 1. The molecule has 18 heavy (non-hydrogen) atoms. The summed E-state index contributed by atoms with van der Waals surface area (Å²) in [5.41, 5.74) is -0.117. The minimum Gasteiger partial charge on any atom is -0.394 e. The first-order chi connectivity index (χ1) is 8.46. The number of halogens is 2. The van der Waals surface area contributed by atoms with Crippen molar-refractivity contribution in [2.24, 2.45) is 5.92 Å². The molecule has 1 aromatic carbocycles. The molecular formula is C13H15BrClNO2. The summed E-state index contributed by atoms with van der Waals surface area (Å²) in [5, 5.41) is 12.7. The fourth-order valence-corrected chi connectivity index (χ4v) is 2.75. The van der Waals surface area contributed by atoms with Gasteiger partial charge in [-0.05, 0) is 43.9 Å². The first kappa shape index (κ1) is 13.8. The molecule has 1 fully saturated rings. The molecule has 1 aromatic rings. The molecule has 1 amide bonds. The third-order valence-corrected chi connectivity index (χ3v) is 4.19. The number of carbonyl (C=O) groups is 1. The lowest BCUT2D eigenvalue weighted by Gasteiger charge is -2.29. The van der Waals surface area contributed by atoms with Crippen molar-refractivity contribution >= 4 is 33.4 Å². The van der Waals surface area contributed by atoms with E-state index in [9.17, 15) is 9.90 Å². The van der Waals surface area contributed by atoms with Crippen LogP contribution in [0.5, 0.6) is 0 Å². The van der Waals surface area contributed by atoms with Gasteiger partial charge in [0.15, 0.2) is 0 Å². The molecule has 0 bridgehead atoms. The Kier molecular flexibility index (Phi) is 3.99. The van der Waals surface area contributed by atoms with Crippen LogP contribution in [0.2, 0.25) is 5.02 Å². The zero-order valence-corrected chi connectivity index (χ0v) is 12.4. The molecule has 0 heterocycles. The van der Waals surface area contributed by atoms with Crippen molar-refractivity contribution in [2.45, 2.75) is 25.3 Å². The van der Waals surface area contributed by atoms with Crippen LogP contribution in [-0.4, -0.2) is 23.2 Å². The number of benzene rings is 1. The summed E-state index contributed by atoms with van der Waals surface area (Å²) in [5.74, 6) is 0.122. The molecule has 2 rings (SSSR count). The summed E-state index contributed by atoms with van der Waals surface area (Å²) in [7, 11) is 0. The third kappa shape index (κ3) is 2.87. The molecule has 0 radical (unpaired) electrons. The van der Waals surface area contributed by atoms with Crippen molar-refractivity contribution in [3.63, 3.8) is 0 Å². The molecule has 1 aliphatic rings. The summed E-state index contributed by atoms with van der Waals surface area (Å²) < 4.78 is 0.830. The highest BCUT2D eigenvalue weighted by Gasteiger charge is 2.42. The monoisotopic (exact) mass is 331 g/mol. The normalized spacial score (nSPS) is 18.2. The molecule has 5 heteroatoms. The van der Waals surface area contributed by atoms with Crippen molar-refractivity contribution in [1.82, 2.24) is 5.32 Å². The lowest BCUT2D eigenvalue weighted by Crippen LogP contribution is -2.50. The summed E-state index contributed by atoms with van der Waals surface area (Å²) in [6.45, 7) is 1.81. The Balaban J connectivity index is 2.16. The maximum absolute atomic E-state index is 12.2. The molecule has 0 aliphatic heterocycles. The SMILES string of the molecule is CC(CO)(NC(=O)c1ccc(Br)cc1Cl)C1CC1. The minimum absolute atomic E-state index is 0.0580. The van der Waals surface area contributed by atoms with Crippen molar-refractivity contribution in [2.75, 3.05) is 6.61 Å². The van der Waals surface area contributed by atoms with Gasteiger partial charge in [0.1, 0.15) is 0 Å². The van der Waals surface area contributed by atoms with Crippen LogP contribution in [0.4, 0.5) is 0 Å². The van der Waals surface area contributed by atoms with Gasteiger partial charge in [-0.25, -0.2) is 0 Å². The van der Waals surface area contributed by atoms with E-state index in [1.807, 2.05) is 6.92 Å². The second-order valence-electron chi connectivity index (χ2n) is 4.93. The molecule has 1 atom stereocenters. The predicted molar refractivity (Wildman–Crippen MR) is 74.8 cm³/mol. The molecule has 98 valence electrons. The summed E-state index contributed by atoms with van der Waals surface area (Å²) in [6, 6.07) is 5.13. The first-order valence-electron chi connectivity index (χ1n) is 5.85. The molecule has 3 nitrogen and oxygen atoms in total. The van der Waals surface area contributed by atoms with E-state index >= 15 is 0 Å². The Hall–Kier alpha value is -0.580. The van der Waals surface area contributed by atoms with E-state index in [0.29, 0.717) is 16.5 Å². The number of hydrogen-bond donors (Lipinski definition) is 2. The first-order valence-corrected chi connectivity index (χ1v) is 7.02. The van der Waals surface area contributed by atoms with E-state index in [1.54, 1.807) is 18.2 Å². The zero-order valence-electron chi connectivity index (χ0n) is 10.0. The van der Waals surface area contributed by atoms with Crippen molar-refractivity contribution < 1.29 is 9.90 Å². The van der Waals surface area contributed by atoms with Gasteiger partial charge in [0, 0.05) is 4.47 Å². The van der Waals surface area contributed by atoms with E-state index in [0.717, 1.165) is 17.3 Å². The maximum atomic E-state index is 12.2. The van der Waals surface area contributed by atoms with Crippen LogP contribution < -0.4 is 5.32 Å². The van der Waals surface area contributed by atoms with Crippen LogP contribution in [0.15, 0.2) is 22.7 Å². The second-order valence-corrected chi connectivity index (χ2v) is 6.25. The average Bonchev–Trinajstić information content (AvgIpc) is 3.12. The van der Waals surface area contributed by atoms with E-state index < -0.39 is 5.54 Å². The van der Waals surface area contributed by atoms with Crippen LogP contribution in [0.3, 0.4) is 0 Å². The van der Waals surface area contributed by atoms with Crippen molar-refractivity contribution in [1.29, 1.82) is 0 Å². The average molecular weight is 333 g/mol. The van der Waals surface area contributed by atoms with Crippen LogP contribution in [-0.2, 0) is 0 Å². The molecule has 0 aromatic heterocycles. The molecule has 0 spiro atoms. The van der Waals surface area contributed by atoms with Crippen molar-refractivity contribution in [3.8, 4) is 0 Å². The van der Waals surface area contributed by atoms with Gasteiger partial charge < -0.3 is 10.4 Å². The smallest absolute Gasteiger partial charge is 0.253 e. The lowest BCUT2D eigenvalue weighted by molar-refractivity contribution is 0.0824. The van der Waals surface area contributed by atoms with E-state index in [-0.39, 0.29) is 12.5 Å². The number of nitrogens with one attached hydrogen (secondary N) is 1. The predicted octanol–water partition coefficient (Wildman–Crippen LogP) is 2.99. The fraction of sp³-hybridized carbons (Fsp3) is 0.462. The number of aliphatic hydroxyl groups excluding tert-OH is 1. The molecule has 0 saturated heterocycles. The Morgan fingerprint density at radius 3 is 2.78 bits per heavy atom. The van der Waals surface area contributed by atoms with Gasteiger partial charge in [-0.15, -0.1) is 0 Å². The molecule has 1 aliphatic carbocycles. The van der Waals surface area contributed by atoms with Crippen LogP contribution in [0, 0.1) is 5.92 Å². The Morgan fingerprint density at radius 2 is 2.28 bits per heavy atom. The number of aliphatic hydroxyl groups is 1. The highest BCUT2D eigenvalue weighted by Crippen LogP contribution is 2.39. The third-order valence-electron chi connectivity index (χ3n) is 3.38. The van der Waals surface area contributed by atoms with Crippen LogP contribution in [0.25, 0.3) is 0 Å². The second kappa shape index (κ2) is 5.19. The molecule has 2 N–H and O–H groups in total. The largest absolute Gasteiger partial charge is 0.394 e. The molecule has 1 unspecified atom stereocenters. The summed E-state index contributed by atoms with van der Waals surface area (Å²) >= 11 is 9.34. The van der Waals surface area contributed by atoms with Gasteiger partial charge in [-0.1, -0.05) is 27.5 Å².